The van der Waals surface area contributed by atoms with Crippen molar-refractivity contribution in [2.75, 3.05) is 26.9 Å². The lowest BCUT2D eigenvalue weighted by atomic mass is 10.2. The molecule has 1 aromatic rings. The van der Waals surface area contributed by atoms with Gasteiger partial charge < -0.3 is 14.2 Å². The van der Waals surface area contributed by atoms with Crippen molar-refractivity contribution in [1.82, 2.24) is 4.98 Å². The van der Waals surface area contributed by atoms with Gasteiger partial charge in [-0.2, -0.15) is 0 Å². The van der Waals surface area contributed by atoms with E-state index >= 15 is 0 Å². The number of pyridine rings is 1. The molecule has 0 aliphatic rings. The minimum Gasteiger partial charge on any atom is -0.494 e. The summed E-state index contributed by atoms with van der Waals surface area (Å²) in [5.74, 6) is 1.26. The smallest absolute Gasteiger partial charge is 0.148 e. The molecule has 0 spiro atoms. The first-order chi connectivity index (χ1) is 7.79. The van der Waals surface area contributed by atoms with E-state index in [2.05, 4.69) is 11.6 Å². The van der Waals surface area contributed by atoms with Crippen LogP contribution in [0.1, 0.15) is 12.5 Å². The predicted molar refractivity (Wildman–Crippen MR) is 62.3 cm³/mol. The van der Waals surface area contributed by atoms with Gasteiger partial charge >= 0.3 is 0 Å². The van der Waals surface area contributed by atoms with E-state index < -0.39 is 0 Å². The average molecular weight is 223 g/mol. The van der Waals surface area contributed by atoms with Crippen molar-refractivity contribution < 1.29 is 14.2 Å². The molecule has 0 amide bonds. The first kappa shape index (κ1) is 12.5. The van der Waals surface area contributed by atoms with Gasteiger partial charge in [-0.1, -0.05) is 6.58 Å². The van der Waals surface area contributed by atoms with Crippen LogP contribution in [0, 0.1) is 0 Å². The highest BCUT2D eigenvalue weighted by atomic mass is 16.5. The van der Waals surface area contributed by atoms with Gasteiger partial charge in [0.1, 0.15) is 18.1 Å². The molecule has 0 saturated carbocycles. The Bertz CT molecular complexity index is 339. The molecule has 1 aromatic heterocycles. The van der Waals surface area contributed by atoms with E-state index in [9.17, 15) is 0 Å². The van der Waals surface area contributed by atoms with Crippen molar-refractivity contribution in [3.8, 4) is 5.75 Å². The summed E-state index contributed by atoms with van der Waals surface area (Å²) in [6, 6.07) is 1.82. The third kappa shape index (κ3) is 3.55. The third-order valence-corrected chi connectivity index (χ3v) is 1.95. The Morgan fingerprint density at radius 1 is 1.44 bits per heavy atom. The van der Waals surface area contributed by atoms with E-state index in [1.165, 1.54) is 0 Å². The Labute approximate surface area is 95.9 Å². The molecule has 0 radical (unpaired) electrons. The molecule has 0 N–H and O–H groups in total. The molecule has 0 aliphatic carbocycles. The number of hydrogen-bond acceptors (Lipinski definition) is 4. The van der Waals surface area contributed by atoms with E-state index in [0.717, 1.165) is 5.56 Å². The Kier molecular flexibility index (Phi) is 5.36. The number of ether oxygens (including phenoxy) is 3. The van der Waals surface area contributed by atoms with Crippen LogP contribution in [0.3, 0.4) is 0 Å². The lowest BCUT2D eigenvalue weighted by Gasteiger charge is -2.12. The largest absolute Gasteiger partial charge is 0.494 e. The van der Waals surface area contributed by atoms with Crippen molar-refractivity contribution in [2.24, 2.45) is 0 Å². The van der Waals surface area contributed by atoms with Crippen LogP contribution in [0.5, 0.6) is 5.75 Å². The summed E-state index contributed by atoms with van der Waals surface area (Å²) in [6.45, 7) is 7.36. The lowest BCUT2D eigenvalue weighted by molar-refractivity contribution is 0.145. The minimum atomic E-state index is 0.481. The van der Waals surface area contributed by atoms with Crippen molar-refractivity contribution in [2.45, 2.75) is 6.92 Å². The molecule has 1 heterocycles. The van der Waals surface area contributed by atoms with Gasteiger partial charge in [0, 0.05) is 13.3 Å². The maximum absolute atomic E-state index is 5.52. The van der Waals surface area contributed by atoms with Crippen LogP contribution < -0.4 is 4.74 Å². The second kappa shape index (κ2) is 6.85. The fraction of sp³-hybridized carbons (Fsp3) is 0.417. The molecular weight excluding hydrogens is 206 g/mol. The maximum atomic E-state index is 5.52. The van der Waals surface area contributed by atoms with Crippen LogP contribution in [0.2, 0.25) is 0 Å². The van der Waals surface area contributed by atoms with E-state index in [-0.39, 0.29) is 0 Å². The average Bonchev–Trinajstić information content (AvgIpc) is 2.30. The van der Waals surface area contributed by atoms with Gasteiger partial charge in [0.15, 0.2) is 0 Å². The lowest BCUT2D eigenvalue weighted by Crippen LogP contribution is -2.06. The second-order valence-electron chi connectivity index (χ2n) is 3.07. The van der Waals surface area contributed by atoms with E-state index in [0.29, 0.717) is 31.3 Å². The van der Waals surface area contributed by atoms with Crippen LogP contribution in [-0.2, 0) is 9.47 Å². The maximum Gasteiger partial charge on any atom is 0.148 e. The molecule has 0 unspecified atom stereocenters. The Morgan fingerprint density at radius 2 is 2.25 bits per heavy atom. The highest BCUT2D eigenvalue weighted by molar-refractivity contribution is 5.63. The van der Waals surface area contributed by atoms with Gasteiger partial charge in [-0.3, -0.25) is 4.98 Å². The van der Waals surface area contributed by atoms with Crippen LogP contribution >= 0.6 is 0 Å². The second-order valence-corrected chi connectivity index (χ2v) is 3.07. The number of hydrogen-bond donors (Lipinski definition) is 0. The Morgan fingerprint density at radius 3 is 2.94 bits per heavy atom. The van der Waals surface area contributed by atoms with Crippen LogP contribution in [0.15, 0.2) is 25.0 Å². The van der Waals surface area contributed by atoms with Gasteiger partial charge in [0.05, 0.1) is 25.0 Å². The van der Waals surface area contributed by atoms with Crippen molar-refractivity contribution in [1.29, 1.82) is 0 Å². The molecule has 0 aromatic carbocycles. The fourth-order valence-electron chi connectivity index (χ4n) is 1.21. The predicted octanol–water partition coefficient (Wildman–Crippen LogP) is 2.11. The SMILES string of the molecule is C=C(OCC)c1ccncc1OCCOC. The number of nitrogens with zero attached hydrogens (tertiary/aromatic N) is 1. The summed E-state index contributed by atoms with van der Waals surface area (Å²) in [5.41, 5.74) is 0.827. The van der Waals surface area contributed by atoms with E-state index in [1.54, 1.807) is 19.5 Å². The van der Waals surface area contributed by atoms with Crippen molar-refractivity contribution in [3.05, 3.63) is 30.6 Å². The van der Waals surface area contributed by atoms with E-state index in [1.807, 2.05) is 13.0 Å². The molecule has 0 atom stereocenters. The molecular formula is C12H17NO3. The van der Waals surface area contributed by atoms with Gasteiger partial charge in [-0.15, -0.1) is 0 Å². The van der Waals surface area contributed by atoms with E-state index in [4.69, 9.17) is 14.2 Å². The first-order valence-corrected chi connectivity index (χ1v) is 5.17. The zero-order valence-corrected chi connectivity index (χ0v) is 9.73. The molecule has 1 rings (SSSR count). The van der Waals surface area contributed by atoms with Crippen LogP contribution in [-0.4, -0.2) is 31.9 Å². The van der Waals surface area contributed by atoms with Gasteiger partial charge in [-0.05, 0) is 13.0 Å². The summed E-state index contributed by atoms with van der Waals surface area (Å²) in [6.07, 6.45) is 3.33. The summed E-state index contributed by atoms with van der Waals surface area (Å²) >= 11 is 0. The zero-order valence-electron chi connectivity index (χ0n) is 9.73. The number of methoxy groups -OCH3 is 1. The number of rotatable bonds is 7. The van der Waals surface area contributed by atoms with Gasteiger partial charge in [-0.25, -0.2) is 0 Å². The molecule has 0 bridgehead atoms. The highest BCUT2D eigenvalue weighted by Gasteiger charge is 2.07. The van der Waals surface area contributed by atoms with Crippen LogP contribution in [0.25, 0.3) is 5.76 Å². The normalized spacial score (nSPS) is 9.88. The summed E-state index contributed by atoms with van der Waals surface area (Å²) in [5, 5.41) is 0. The number of aromatic nitrogens is 1. The monoisotopic (exact) mass is 223 g/mol. The fourth-order valence-corrected chi connectivity index (χ4v) is 1.21. The molecule has 88 valence electrons. The highest BCUT2D eigenvalue weighted by Crippen LogP contribution is 2.24. The summed E-state index contributed by atoms with van der Waals surface area (Å²) < 4.78 is 15.8. The zero-order chi connectivity index (χ0) is 11.8. The summed E-state index contributed by atoms with van der Waals surface area (Å²) in [7, 11) is 1.63. The summed E-state index contributed by atoms with van der Waals surface area (Å²) in [4.78, 5) is 4.00. The van der Waals surface area contributed by atoms with Crippen molar-refractivity contribution >= 4 is 5.76 Å². The quantitative estimate of drug-likeness (QED) is 0.524. The molecule has 0 aliphatic heterocycles. The standard InChI is InChI=1S/C12H17NO3/c1-4-15-10(2)11-5-6-13-9-12(11)16-8-7-14-3/h5-6,9H,2,4,7-8H2,1,3H3. The van der Waals surface area contributed by atoms with Gasteiger partial charge in [0.25, 0.3) is 0 Å². The first-order valence-electron chi connectivity index (χ1n) is 5.17. The molecule has 4 heteroatoms. The van der Waals surface area contributed by atoms with Crippen molar-refractivity contribution in [3.63, 3.8) is 0 Å². The Balaban J connectivity index is 2.71. The van der Waals surface area contributed by atoms with Crippen LogP contribution in [0.4, 0.5) is 0 Å². The minimum absolute atomic E-state index is 0.481. The molecule has 4 nitrogen and oxygen atoms in total. The third-order valence-electron chi connectivity index (χ3n) is 1.95. The van der Waals surface area contributed by atoms with Gasteiger partial charge in [0.2, 0.25) is 0 Å². The molecule has 16 heavy (non-hydrogen) atoms. The molecule has 0 fully saturated rings. The molecule has 0 saturated heterocycles. The Hall–Kier alpha value is -1.55. The topological polar surface area (TPSA) is 40.6 Å².